The molecule has 1 nitrogen and oxygen atoms in total. The van der Waals surface area contributed by atoms with Crippen molar-refractivity contribution in [2.75, 3.05) is 6.54 Å². The van der Waals surface area contributed by atoms with Crippen molar-refractivity contribution < 1.29 is 0 Å². The van der Waals surface area contributed by atoms with E-state index in [9.17, 15) is 0 Å². The maximum absolute atomic E-state index is 3.57. The van der Waals surface area contributed by atoms with Gasteiger partial charge in [0.25, 0.3) is 0 Å². The van der Waals surface area contributed by atoms with Gasteiger partial charge in [-0.05, 0) is 24.8 Å². The van der Waals surface area contributed by atoms with Gasteiger partial charge >= 0.3 is 0 Å². The maximum atomic E-state index is 3.57. The average Bonchev–Trinajstić information content (AvgIpc) is 2.26. The van der Waals surface area contributed by atoms with Crippen molar-refractivity contribution in [2.24, 2.45) is 5.41 Å². The number of hydrogen-bond acceptors (Lipinski definition) is 1. The van der Waals surface area contributed by atoms with Crippen LogP contribution in [0.5, 0.6) is 0 Å². The summed E-state index contributed by atoms with van der Waals surface area (Å²) in [5.74, 6) is 0. The van der Waals surface area contributed by atoms with Crippen molar-refractivity contribution in [3.8, 4) is 0 Å². The van der Waals surface area contributed by atoms with Crippen molar-refractivity contribution in [1.29, 1.82) is 0 Å². The molecule has 0 saturated carbocycles. The van der Waals surface area contributed by atoms with E-state index in [4.69, 9.17) is 0 Å². The van der Waals surface area contributed by atoms with Crippen molar-refractivity contribution in [3.63, 3.8) is 0 Å². The van der Waals surface area contributed by atoms with Crippen molar-refractivity contribution in [2.45, 2.75) is 52.5 Å². The van der Waals surface area contributed by atoms with Gasteiger partial charge in [0.2, 0.25) is 0 Å². The van der Waals surface area contributed by atoms with E-state index in [2.05, 4.69) is 38.2 Å². The summed E-state index contributed by atoms with van der Waals surface area (Å²) in [5, 5.41) is 3.57. The largest absolute Gasteiger partial charge is 0.311 e. The van der Waals surface area contributed by atoms with E-state index < -0.39 is 0 Å². The minimum Gasteiger partial charge on any atom is -0.311 e. The van der Waals surface area contributed by atoms with Crippen LogP contribution in [0.4, 0.5) is 0 Å². The van der Waals surface area contributed by atoms with Crippen molar-refractivity contribution >= 4 is 0 Å². The van der Waals surface area contributed by atoms with E-state index in [1.807, 2.05) is 0 Å². The van der Waals surface area contributed by atoms with E-state index >= 15 is 0 Å². The lowest BCUT2D eigenvalue weighted by Gasteiger charge is -2.15. The number of rotatable bonds is 1. The average molecular weight is 181 g/mol. The van der Waals surface area contributed by atoms with Gasteiger partial charge in [-0.1, -0.05) is 45.8 Å². The Bertz CT molecular complexity index is 156. The Labute approximate surface area is 82.6 Å². The van der Waals surface area contributed by atoms with Gasteiger partial charge in [-0.2, -0.15) is 0 Å². The predicted octanol–water partition coefficient (Wildman–Crippen LogP) is 3.12. The lowest BCUT2D eigenvalue weighted by Crippen LogP contribution is -2.26. The van der Waals surface area contributed by atoms with Crippen LogP contribution in [-0.4, -0.2) is 12.6 Å². The summed E-state index contributed by atoms with van der Waals surface area (Å²) >= 11 is 0. The molecule has 1 atom stereocenters. The molecular weight excluding hydrogens is 158 g/mol. The summed E-state index contributed by atoms with van der Waals surface area (Å²) in [7, 11) is 0. The normalized spacial score (nSPS) is 26.2. The zero-order chi connectivity index (χ0) is 9.73. The quantitative estimate of drug-likeness (QED) is 0.613. The molecule has 1 unspecified atom stereocenters. The molecule has 1 heterocycles. The fourth-order valence-corrected chi connectivity index (χ4v) is 1.62. The summed E-state index contributed by atoms with van der Waals surface area (Å²) in [6.45, 7) is 7.94. The molecule has 0 aliphatic carbocycles. The molecule has 0 amide bonds. The summed E-state index contributed by atoms with van der Waals surface area (Å²) in [6.07, 6.45) is 10.1. The summed E-state index contributed by atoms with van der Waals surface area (Å²) in [4.78, 5) is 0. The Morgan fingerprint density at radius 1 is 1.15 bits per heavy atom. The highest BCUT2D eigenvalue weighted by Gasteiger charge is 2.10. The molecule has 1 aliphatic heterocycles. The number of nitrogens with one attached hydrogen (secondary N) is 1. The highest BCUT2D eigenvalue weighted by Crippen LogP contribution is 2.17. The number of allylic oxidation sites excluding steroid dienone is 1. The van der Waals surface area contributed by atoms with E-state index in [-0.39, 0.29) is 0 Å². The van der Waals surface area contributed by atoms with Gasteiger partial charge in [-0.3, -0.25) is 0 Å². The van der Waals surface area contributed by atoms with E-state index in [1.165, 1.54) is 32.2 Å². The van der Waals surface area contributed by atoms with Crippen LogP contribution < -0.4 is 5.32 Å². The second-order valence-electron chi connectivity index (χ2n) is 5.14. The molecule has 13 heavy (non-hydrogen) atoms. The summed E-state index contributed by atoms with van der Waals surface area (Å²) in [5.41, 5.74) is 0.327. The highest BCUT2D eigenvalue weighted by atomic mass is 14.9. The molecule has 1 aliphatic rings. The fraction of sp³-hybridized carbons (Fsp3) is 0.833. The smallest absolute Gasteiger partial charge is 0.0250 e. The molecule has 76 valence electrons. The molecule has 0 aromatic carbocycles. The first-order valence-electron chi connectivity index (χ1n) is 5.51. The van der Waals surface area contributed by atoms with Crippen LogP contribution in [0, 0.1) is 5.41 Å². The predicted molar refractivity (Wildman–Crippen MR) is 58.9 cm³/mol. The van der Waals surface area contributed by atoms with Crippen molar-refractivity contribution in [1.82, 2.24) is 5.32 Å². The van der Waals surface area contributed by atoms with Gasteiger partial charge in [-0.15, -0.1) is 0 Å². The van der Waals surface area contributed by atoms with Crippen LogP contribution in [0.2, 0.25) is 0 Å². The van der Waals surface area contributed by atoms with E-state index in [0.717, 1.165) is 0 Å². The van der Waals surface area contributed by atoms with Gasteiger partial charge in [0, 0.05) is 6.04 Å². The minimum absolute atomic E-state index is 0.327. The van der Waals surface area contributed by atoms with Gasteiger partial charge in [0.05, 0.1) is 0 Å². The third kappa shape index (κ3) is 5.09. The highest BCUT2D eigenvalue weighted by molar-refractivity contribution is 4.99. The van der Waals surface area contributed by atoms with Gasteiger partial charge in [0.1, 0.15) is 0 Å². The molecule has 1 fully saturated rings. The molecule has 0 bridgehead atoms. The summed E-state index contributed by atoms with van der Waals surface area (Å²) < 4.78 is 0. The first-order chi connectivity index (χ1) is 6.08. The van der Waals surface area contributed by atoms with Crippen LogP contribution in [0.25, 0.3) is 0 Å². The molecule has 1 saturated heterocycles. The van der Waals surface area contributed by atoms with Gasteiger partial charge in [0.15, 0.2) is 0 Å². The zero-order valence-electron chi connectivity index (χ0n) is 9.27. The van der Waals surface area contributed by atoms with Crippen LogP contribution >= 0.6 is 0 Å². The lowest BCUT2D eigenvalue weighted by molar-refractivity contribution is 0.529. The molecule has 1 heteroatoms. The zero-order valence-corrected chi connectivity index (χ0v) is 9.27. The second-order valence-corrected chi connectivity index (χ2v) is 5.14. The maximum Gasteiger partial charge on any atom is 0.0250 e. The second kappa shape index (κ2) is 4.80. The third-order valence-corrected chi connectivity index (χ3v) is 2.43. The number of hydrogen-bond donors (Lipinski definition) is 1. The van der Waals surface area contributed by atoms with Crippen molar-refractivity contribution in [3.05, 3.63) is 12.2 Å². The Morgan fingerprint density at radius 2 is 1.92 bits per heavy atom. The first kappa shape index (κ1) is 10.8. The van der Waals surface area contributed by atoms with E-state index in [1.54, 1.807) is 0 Å². The topological polar surface area (TPSA) is 12.0 Å². The first-order valence-corrected chi connectivity index (χ1v) is 5.51. The molecular formula is C12H23N. The molecule has 0 aromatic heterocycles. The molecule has 0 radical (unpaired) electrons. The third-order valence-electron chi connectivity index (χ3n) is 2.43. The molecule has 1 rings (SSSR count). The SMILES string of the molecule is CC(C)(C)/C=C/C1CCCCCN1. The van der Waals surface area contributed by atoms with Gasteiger partial charge in [-0.25, -0.2) is 0 Å². The van der Waals surface area contributed by atoms with Crippen LogP contribution in [0.1, 0.15) is 46.5 Å². The van der Waals surface area contributed by atoms with Gasteiger partial charge < -0.3 is 5.32 Å². The Balaban J connectivity index is 2.38. The standard InChI is InChI=1S/C12H23N/c1-12(2,3)9-8-11-7-5-4-6-10-13-11/h8-9,11,13H,4-7,10H2,1-3H3/b9-8+. The molecule has 0 spiro atoms. The minimum atomic E-state index is 0.327. The lowest BCUT2D eigenvalue weighted by atomic mass is 9.95. The fourth-order valence-electron chi connectivity index (χ4n) is 1.62. The molecule has 1 N–H and O–H groups in total. The van der Waals surface area contributed by atoms with E-state index in [0.29, 0.717) is 11.5 Å². The van der Waals surface area contributed by atoms with Crippen LogP contribution in [-0.2, 0) is 0 Å². The Hall–Kier alpha value is -0.300. The Kier molecular flexibility index (Phi) is 3.98. The summed E-state index contributed by atoms with van der Waals surface area (Å²) in [6, 6.07) is 0.627. The Morgan fingerprint density at radius 3 is 2.62 bits per heavy atom. The van der Waals surface area contributed by atoms with Crippen LogP contribution in [0.15, 0.2) is 12.2 Å². The monoisotopic (exact) mass is 181 g/mol. The molecule has 0 aromatic rings. The van der Waals surface area contributed by atoms with Crippen LogP contribution in [0.3, 0.4) is 0 Å².